The largest absolute Gasteiger partial charge is 0.342 e. The molecule has 3 rings (SSSR count). The third kappa shape index (κ3) is 4.11. The van der Waals surface area contributed by atoms with Gasteiger partial charge in [0.2, 0.25) is 5.91 Å². The maximum absolute atomic E-state index is 12.1. The summed E-state index contributed by atoms with van der Waals surface area (Å²) >= 11 is 3.38. The van der Waals surface area contributed by atoms with E-state index in [1.807, 2.05) is 10.3 Å². The number of benzene rings is 1. The van der Waals surface area contributed by atoms with Gasteiger partial charge in [-0.05, 0) is 25.3 Å². The molecule has 2 aromatic rings. The van der Waals surface area contributed by atoms with Crippen LogP contribution in [0.15, 0.2) is 34.0 Å². The van der Waals surface area contributed by atoms with Gasteiger partial charge in [0.1, 0.15) is 4.34 Å². The number of hydrogen-bond donors (Lipinski definition) is 0. The molecule has 0 radical (unpaired) electrons. The van der Waals surface area contributed by atoms with Crippen LogP contribution < -0.4 is 0 Å². The second-order valence-corrected chi connectivity index (χ2v) is 7.72. The van der Waals surface area contributed by atoms with Crippen LogP contribution in [0.5, 0.6) is 0 Å². The van der Waals surface area contributed by atoms with Gasteiger partial charge in [0.15, 0.2) is 0 Å². The Hall–Kier alpha value is -1.33. The van der Waals surface area contributed by atoms with Crippen molar-refractivity contribution in [1.29, 1.82) is 0 Å². The Labute approximate surface area is 139 Å². The quantitative estimate of drug-likeness (QED) is 0.778. The third-order valence-electron chi connectivity index (χ3n) is 3.80. The predicted molar refractivity (Wildman–Crippen MR) is 92.4 cm³/mol. The average molecular weight is 332 g/mol. The van der Waals surface area contributed by atoms with E-state index in [0.29, 0.717) is 6.42 Å². The molecule has 0 bridgehead atoms. The van der Waals surface area contributed by atoms with Crippen molar-refractivity contribution in [2.24, 2.45) is 0 Å². The SMILES string of the molecule is Cc1ccc(CSc2nc(CC(=O)N3CCCC3)cs2)cc1. The molecule has 1 aliphatic heterocycles. The molecule has 0 saturated carbocycles. The summed E-state index contributed by atoms with van der Waals surface area (Å²) in [4.78, 5) is 18.7. The molecular formula is C17H20N2OS2. The van der Waals surface area contributed by atoms with Crippen LogP contribution in [0.3, 0.4) is 0 Å². The highest BCUT2D eigenvalue weighted by atomic mass is 32.2. The van der Waals surface area contributed by atoms with Crippen molar-refractivity contribution in [2.45, 2.75) is 36.3 Å². The number of rotatable bonds is 5. The van der Waals surface area contributed by atoms with Crippen LogP contribution in [0, 0.1) is 6.92 Å². The number of likely N-dealkylation sites (tertiary alicyclic amines) is 1. The summed E-state index contributed by atoms with van der Waals surface area (Å²) in [6.07, 6.45) is 2.72. The molecule has 1 fully saturated rings. The fraction of sp³-hybridized carbons (Fsp3) is 0.412. The summed E-state index contributed by atoms with van der Waals surface area (Å²) in [6.45, 7) is 3.93. The molecule has 0 N–H and O–H groups in total. The Kier molecular flexibility index (Phi) is 5.16. The van der Waals surface area contributed by atoms with Crippen molar-refractivity contribution >= 4 is 29.0 Å². The van der Waals surface area contributed by atoms with Gasteiger partial charge >= 0.3 is 0 Å². The van der Waals surface area contributed by atoms with E-state index in [1.165, 1.54) is 11.1 Å². The lowest BCUT2D eigenvalue weighted by molar-refractivity contribution is -0.129. The van der Waals surface area contributed by atoms with E-state index in [-0.39, 0.29) is 5.91 Å². The van der Waals surface area contributed by atoms with Gasteiger partial charge in [-0.2, -0.15) is 0 Å². The zero-order chi connectivity index (χ0) is 15.4. The van der Waals surface area contributed by atoms with Crippen LogP contribution in [0.2, 0.25) is 0 Å². The fourth-order valence-corrected chi connectivity index (χ4v) is 4.30. The summed E-state index contributed by atoms with van der Waals surface area (Å²) in [6, 6.07) is 8.59. The van der Waals surface area contributed by atoms with Gasteiger partial charge < -0.3 is 4.90 Å². The highest BCUT2D eigenvalue weighted by Gasteiger charge is 2.19. The fourth-order valence-electron chi connectivity index (χ4n) is 2.50. The lowest BCUT2D eigenvalue weighted by atomic mass is 10.2. The number of amides is 1. The summed E-state index contributed by atoms with van der Waals surface area (Å²) in [7, 11) is 0. The molecular weight excluding hydrogens is 312 g/mol. The first-order chi connectivity index (χ1) is 10.7. The Bertz CT molecular complexity index is 630. The van der Waals surface area contributed by atoms with E-state index >= 15 is 0 Å². The van der Waals surface area contributed by atoms with E-state index in [1.54, 1.807) is 23.1 Å². The predicted octanol–water partition coefficient (Wildman–Crippen LogP) is 3.91. The number of nitrogens with zero attached hydrogens (tertiary/aromatic N) is 2. The minimum Gasteiger partial charge on any atom is -0.342 e. The minimum atomic E-state index is 0.220. The first-order valence-electron chi connectivity index (χ1n) is 7.61. The normalized spacial score (nSPS) is 14.5. The summed E-state index contributed by atoms with van der Waals surface area (Å²) in [5.41, 5.74) is 3.50. The number of aryl methyl sites for hydroxylation is 1. The van der Waals surface area contributed by atoms with Gasteiger partial charge in [0, 0.05) is 24.2 Å². The van der Waals surface area contributed by atoms with Crippen molar-refractivity contribution < 1.29 is 4.79 Å². The molecule has 1 saturated heterocycles. The van der Waals surface area contributed by atoms with E-state index in [9.17, 15) is 4.79 Å². The number of thioether (sulfide) groups is 1. The number of aromatic nitrogens is 1. The number of thiazole rings is 1. The van der Waals surface area contributed by atoms with E-state index in [2.05, 4.69) is 36.2 Å². The minimum absolute atomic E-state index is 0.220. The van der Waals surface area contributed by atoms with Crippen molar-refractivity contribution in [3.8, 4) is 0 Å². The Balaban J connectivity index is 1.52. The van der Waals surface area contributed by atoms with Gasteiger partial charge in [-0.15, -0.1) is 11.3 Å². The van der Waals surface area contributed by atoms with Gasteiger partial charge in [-0.25, -0.2) is 4.98 Å². The monoisotopic (exact) mass is 332 g/mol. The Morgan fingerprint density at radius 1 is 1.27 bits per heavy atom. The molecule has 0 unspecified atom stereocenters. The van der Waals surface area contributed by atoms with Gasteiger partial charge in [0.25, 0.3) is 0 Å². The van der Waals surface area contributed by atoms with Gasteiger partial charge in [-0.3, -0.25) is 4.79 Å². The molecule has 116 valence electrons. The summed E-state index contributed by atoms with van der Waals surface area (Å²) in [5, 5.41) is 2.02. The maximum Gasteiger partial charge on any atom is 0.228 e. The zero-order valence-corrected chi connectivity index (χ0v) is 14.4. The smallest absolute Gasteiger partial charge is 0.228 e. The lowest BCUT2D eigenvalue weighted by Gasteiger charge is -2.13. The standard InChI is InChI=1S/C17H20N2OS2/c1-13-4-6-14(7-5-13)11-21-17-18-15(12-22-17)10-16(20)19-8-2-3-9-19/h4-7,12H,2-3,8-11H2,1H3. The number of carbonyl (C=O) groups excluding carboxylic acids is 1. The highest BCUT2D eigenvalue weighted by molar-refractivity contribution is 8.00. The zero-order valence-electron chi connectivity index (χ0n) is 12.7. The second-order valence-electron chi connectivity index (χ2n) is 5.64. The summed E-state index contributed by atoms with van der Waals surface area (Å²) in [5.74, 6) is 1.14. The van der Waals surface area contributed by atoms with Crippen LogP contribution in [0.1, 0.15) is 29.7 Å². The first-order valence-corrected chi connectivity index (χ1v) is 9.48. The van der Waals surface area contributed by atoms with E-state index < -0.39 is 0 Å². The molecule has 1 aliphatic rings. The first kappa shape index (κ1) is 15.6. The molecule has 0 aliphatic carbocycles. The van der Waals surface area contributed by atoms with Crippen LogP contribution in [-0.2, 0) is 17.0 Å². The van der Waals surface area contributed by atoms with Crippen LogP contribution in [0.4, 0.5) is 0 Å². The molecule has 5 heteroatoms. The molecule has 3 nitrogen and oxygen atoms in total. The molecule has 0 atom stereocenters. The highest BCUT2D eigenvalue weighted by Crippen LogP contribution is 2.26. The van der Waals surface area contributed by atoms with Crippen LogP contribution in [-0.4, -0.2) is 28.9 Å². The molecule has 1 aromatic carbocycles. The molecule has 1 amide bonds. The molecule has 22 heavy (non-hydrogen) atoms. The molecule has 2 heterocycles. The topological polar surface area (TPSA) is 33.2 Å². The molecule has 1 aromatic heterocycles. The van der Waals surface area contributed by atoms with Crippen molar-refractivity contribution in [2.75, 3.05) is 13.1 Å². The van der Waals surface area contributed by atoms with Crippen LogP contribution >= 0.6 is 23.1 Å². The van der Waals surface area contributed by atoms with Crippen molar-refractivity contribution in [3.63, 3.8) is 0 Å². The maximum atomic E-state index is 12.1. The second kappa shape index (κ2) is 7.29. The van der Waals surface area contributed by atoms with Crippen molar-refractivity contribution in [1.82, 2.24) is 9.88 Å². The van der Waals surface area contributed by atoms with Gasteiger partial charge in [-0.1, -0.05) is 41.6 Å². The Morgan fingerprint density at radius 2 is 2.00 bits per heavy atom. The molecule has 0 spiro atoms. The van der Waals surface area contributed by atoms with Gasteiger partial charge in [0.05, 0.1) is 12.1 Å². The van der Waals surface area contributed by atoms with Crippen molar-refractivity contribution in [3.05, 3.63) is 46.5 Å². The average Bonchev–Trinajstić information content (AvgIpc) is 3.18. The van der Waals surface area contributed by atoms with E-state index in [0.717, 1.165) is 41.7 Å². The third-order valence-corrected chi connectivity index (χ3v) is 5.95. The lowest BCUT2D eigenvalue weighted by Crippen LogP contribution is -2.29. The number of hydrogen-bond acceptors (Lipinski definition) is 4. The Morgan fingerprint density at radius 3 is 2.73 bits per heavy atom. The summed E-state index contributed by atoms with van der Waals surface area (Å²) < 4.78 is 1.05. The number of carbonyl (C=O) groups is 1. The van der Waals surface area contributed by atoms with Crippen LogP contribution in [0.25, 0.3) is 0 Å². The van der Waals surface area contributed by atoms with E-state index in [4.69, 9.17) is 0 Å².